The third-order valence-electron chi connectivity index (χ3n) is 6.33. The number of fused-ring (bicyclic) bond motifs is 2. The van der Waals surface area contributed by atoms with Crippen LogP contribution in [0.25, 0.3) is 0 Å². The van der Waals surface area contributed by atoms with Gasteiger partial charge in [-0.2, -0.15) is 0 Å². The Hall–Kier alpha value is -3.13. The Bertz CT molecular complexity index is 1070. The largest absolute Gasteiger partial charge is 0.444 e. The SMILES string of the molecule is CCC(C)(NC(=O)OC(C)(C)C)C(=O)Nc1ccc(Oc2cccc3c2C2(CC2)COC3)nc1. The lowest BCUT2D eigenvalue weighted by atomic mass is 9.89. The standard InChI is InChI=1S/C26H33N3O5/c1-6-25(5,29-23(31)34-24(2,3)4)22(30)28-18-10-11-20(27-14-18)33-19-9-7-8-17-15-32-16-26(12-13-26)21(17)19/h7-11,14H,6,12-13,15-16H2,1-5H3,(H,28,30)(H,29,31). The van der Waals surface area contributed by atoms with Gasteiger partial charge in [0.05, 0.1) is 25.1 Å². The van der Waals surface area contributed by atoms with Crippen LogP contribution in [0.2, 0.25) is 0 Å². The average molecular weight is 468 g/mol. The van der Waals surface area contributed by atoms with Gasteiger partial charge in [-0.15, -0.1) is 0 Å². The highest BCUT2D eigenvalue weighted by Gasteiger charge is 2.49. The van der Waals surface area contributed by atoms with Crippen molar-refractivity contribution < 1.29 is 23.8 Å². The molecule has 2 amide bonds. The molecule has 8 heteroatoms. The molecule has 8 nitrogen and oxygen atoms in total. The van der Waals surface area contributed by atoms with Crippen LogP contribution in [0.1, 0.15) is 65.0 Å². The first kappa shape index (κ1) is 24.0. The second-order valence-electron chi connectivity index (χ2n) is 10.3. The molecule has 182 valence electrons. The lowest BCUT2D eigenvalue weighted by Gasteiger charge is -2.30. The number of nitrogens with one attached hydrogen (secondary N) is 2. The van der Waals surface area contributed by atoms with Crippen molar-refractivity contribution in [3.05, 3.63) is 47.7 Å². The molecule has 1 fully saturated rings. The molecular formula is C26H33N3O5. The molecule has 2 aromatic rings. The van der Waals surface area contributed by atoms with Crippen LogP contribution in [0.3, 0.4) is 0 Å². The Kier molecular flexibility index (Phi) is 6.29. The number of rotatable bonds is 6. The van der Waals surface area contributed by atoms with Gasteiger partial charge in [-0.05, 0) is 64.7 Å². The van der Waals surface area contributed by atoms with Crippen molar-refractivity contribution in [1.82, 2.24) is 10.3 Å². The van der Waals surface area contributed by atoms with Gasteiger partial charge >= 0.3 is 6.09 Å². The molecule has 0 saturated heterocycles. The number of aromatic nitrogens is 1. The van der Waals surface area contributed by atoms with E-state index in [0.29, 0.717) is 24.6 Å². The number of carbonyl (C=O) groups is 2. The van der Waals surface area contributed by atoms with Crippen molar-refractivity contribution >= 4 is 17.7 Å². The van der Waals surface area contributed by atoms with Crippen molar-refractivity contribution in [2.45, 2.75) is 77.0 Å². The normalized spacial score (nSPS) is 17.8. The Balaban J connectivity index is 1.43. The summed E-state index contributed by atoms with van der Waals surface area (Å²) in [4.78, 5) is 29.5. The molecule has 1 aromatic carbocycles. The highest BCUT2D eigenvalue weighted by Crippen LogP contribution is 2.55. The van der Waals surface area contributed by atoms with Crippen molar-refractivity contribution in [2.24, 2.45) is 0 Å². The summed E-state index contributed by atoms with van der Waals surface area (Å²) in [6.07, 6.45) is 3.50. The second-order valence-corrected chi connectivity index (χ2v) is 10.3. The van der Waals surface area contributed by atoms with E-state index in [1.54, 1.807) is 46.0 Å². The summed E-state index contributed by atoms with van der Waals surface area (Å²) in [5.74, 6) is 0.894. The number of nitrogens with zero attached hydrogens (tertiary/aromatic N) is 1. The molecule has 1 atom stereocenters. The van der Waals surface area contributed by atoms with Crippen LogP contribution in [0.15, 0.2) is 36.5 Å². The average Bonchev–Trinajstić information content (AvgIpc) is 3.53. The third kappa shape index (κ3) is 5.17. The number of anilines is 1. The number of amides is 2. The molecule has 0 radical (unpaired) electrons. The first-order chi connectivity index (χ1) is 16.0. The number of pyridine rings is 1. The van der Waals surface area contributed by atoms with Gasteiger partial charge in [0, 0.05) is 17.0 Å². The van der Waals surface area contributed by atoms with Gasteiger partial charge in [0.15, 0.2) is 0 Å². The minimum Gasteiger partial charge on any atom is -0.444 e. The Morgan fingerprint density at radius 1 is 1.15 bits per heavy atom. The summed E-state index contributed by atoms with van der Waals surface area (Å²) >= 11 is 0. The fourth-order valence-corrected chi connectivity index (χ4v) is 4.09. The summed E-state index contributed by atoms with van der Waals surface area (Å²) in [5, 5.41) is 5.50. The smallest absolute Gasteiger partial charge is 0.408 e. The van der Waals surface area contributed by atoms with Gasteiger partial charge in [0.2, 0.25) is 11.8 Å². The van der Waals surface area contributed by atoms with E-state index >= 15 is 0 Å². The van der Waals surface area contributed by atoms with Crippen LogP contribution < -0.4 is 15.4 Å². The summed E-state index contributed by atoms with van der Waals surface area (Å²) < 4.78 is 17.2. The van der Waals surface area contributed by atoms with Crippen LogP contribution in [0, 0.1) is 0 Å². The fourth-order valence-electron chi connectivity index (χ4n) is 4.09. The Morgan fingerprint density at radius 3 is 2.53 bits per heavy atom. The quantitative estimate of drug-likeness (QED) is 0.616. The summed E-state index contributed by atoms with van der Waals surface area (Å²) in [5.41, 5.74) is 1.18. The van der Waals surface area contributed by atoms with E-state index in [-0.39, 0.29) is 11.3 Å². The fraction of sp³-hybridized carbons (Fsp3) is 0.500. The summed E-state index contributed by atoms with van der Waals surface area (Å²) in [7, 11) is 0. The zero-order chi connectivity index (χ0) is 24.6. The minimum absolute atomic E-state index is 0.0733. The maximum Gasteiger partial charge on any atom is 0.408 e. The molecule has 34 heavy (non-hydrogen) atoms. The van der Waals surface area contributed by atoms with Gasteiger partial charge < -0.3 is 24.8 Å². The highest BCUT2D eigenvalue weighted by atomic mass is 16.6. The molecule has 4 rings (SSSR count). The van der Waals surface area contributed by atoms with Crippen LogP contribution in [-0.2, 0) is 26.3 Å². The number of alkyl carbamates (subject to hydrolysis) is 1. The molecule has 1 aliphatic carbocycles. The molecule has 0 bridgehead atoms. The first-order valence-corrected chi connectivity index (χ1v) is 11.7. The Morgan fingerprint density at radius 2 is 1.91 bits per heavy atom. The maximum atomic E-state index is 12.9. The van der Waals surface area contributed by atoms with Gasteiger partial charge in [-0.3, -0.25) is 4.79 Å². The minimum atomic E-state index is -1.14. The summed E-state index contributed by atoms with van der Waals surface area (Å²) in [6, 6.07) is 9.48. The van der Waals surface area contributed by atoms with Crippen LogP contribution in [-0.4, -0.2) is 34.7 Å². The molecule has 1 unspecified atom stereocenters. The number of hydrogen-bond acceptors (Lipinski definition) is 6. The predicted octanol–water partition coefficient (Wildman–Crippen LogP) is 5.07. The number of benzene rings is 1. The zero-order valence-electron chi connectivity index (χ0n) is 20.5. The van der Waals surface area contributed by atoms with E-state index in [0.717, 1.165) is 25.2 Å². The predicted molar refractivity (Wildman–Crippen MR) is 128 cm³/mol. The van der Waals surface area contributed by atoms with Gasteiger partial charge in [-0.25, -0.2) is 9.78 Å². The van der Waals surface area contributed by atoms with E-state index in [9.17, 15) is 9.59 Å². The number of ether oxygens (including phenoxy) is 3. The Labute approximate surface area is 200 Å². The molecule has 2 N–H and O–H groups in total. The van der Waals surface area contributed by atoms with E-state index in [2.05, 4.69) is 21.7 Å². The lowest BCUT2D eigenvalue weighted by molar-refractivity contribution is -0.122. The molecule has 1 spiro atoms. The maximum absolute atomic E-state index is 12.9. The monoisotopic (exact) mass is 467 g/mol. The van der Waals surface area contributed by atoms with Crippen LogP contribution >= 0.6 is 0 Å². The van der Waals surface area contributed by atoms with Crippen molar-refractivity contribution in [3.8, 4) is 11.6 Å². The van der Waals surface area contributed by atoms with E-state index < -0.39 is 17.2 Å². The highest BCUT2D eigenvalue weighted by molar-refractivity contribution is 5.99. The zero-order valence-corrected chi connectivity index (χ0v) is 20.5. The van der Waals surface area contributed by atoms with E-state index in [1.807, 2.05) is 19.1 Å². The molecule has 2 heterocycles. The van der Waals surface area contributed by atoms with Crippen LogP contribution in [0.4, 0.5) is 10.5 Å². The first-order valence-electron chi connectivity index (χ1n) is 11.7. The molecule has 1 saturated carbocycles. The van der Waals surface area contributed by atoms with E-state index in [1.165, 1.54) is 11.1 Å². The summed E-state index contributed by atoms with van der Waals surface area (Å²) in [6.45, 7) is 10.1. The van der Waals surface area contributed by atoms with Gasteiger partial charge in [0.25, 0.3) is 0 Å². The molecule has 1 aliphatic heterocycles. The topological polar surface area (TPSA) is 98.8 Å². The number of carbonyl (C=O) groups excluding carboxylic acids is 2. The van der Waals surface area contributed by atoms with Gasteiger partial charge in [-0.1, -0.05) is 19.1 Å². The van der Waals surface area contributed by atoms with Crippen molar-refractivity contribution in [2.75, 3.05) is 11.9 Å². The van der Waals surface area contributed by atoms with Crippen molar-refractivity contribution in [3.63, 3.8) is 0 Å². The number of hydrogen-bond donors (Lipinski definition) is 2. The van der Waals surface area contributed by atoms with Crippen LogP contribution in [0.5, 0.6) is 11.6 Å². The molecule has 1 aromatic heterocycles. The van der Waals surface area contributed by atoms with Gasteiger partial charge in [0.1, 0.15) is 16.9 Å². The molecular weight excluding hydrogens is 434 g/mol. The lowest BCUT2D eigenvalue weighted by Crippen LogP contribution is -2.55. The third-order valence-corrected chi connectivity index (χ3v) is 6.33. The second kappa shape index (κ2) is 8.91. The molecule has 2 aliphatic rings. The van der Waals surface area contributed by atoms with Crippen molar-refractivity contribution in [1.29, 1.82) is 0 Å². The van der Waals surface area contributed by atoms with E-state index in [4.69, 9.17) is 14.2 Å².